The topological polar surface area (TPSA) is 38.1 Å². The van der Waals surface area contributed by atoms with Crippen molar-refractivity contribution in [2.75, 3.05) is 6.54 Å². The van der Waals surface area contributed by atoms with Gasteiger partial charge >= 0.3 is 0 Å². The Balaban J connectivity index is 1.67. The Kier molecular flexibility index (Phi) is 4.81. The summed E-state index contributed by atoms with van der Waals surface area (Å²) >= 11 is 0. The van der Waals surface area contributed by atoms with Crippen molar-refractivity contribution < 1.29 is 4.42 Å². The minimum absolute atomic E-state index is 0.766. The highest BCUT2D eigenvalue weighted by atomic mass is 16.4. The Bertz CT molecular complexity index is 345. The molecule has 1 N–H and O–H groups in total. The van der Waals surface area contributed by atoms with E-state index in [-0.39, 0.29) is 0 Å². The lowest BCUT2D eigenvalue weighted by atomic mass is 9.81. The highest BCUT2D eigenvalue weighted by Crippen LogP contribution is 2.30. The standard InChI is InChI=1S/C15H26N2O/c1-4-13-5-7-14(8-6-13)9-16-10-15-17-11(2)12(3)18-15/h13-14,16H,4-10H2,1-3H3. The van der Waals surface area contributed by atoms with Gasteiger partial charge in [0.15, 0.2) is 0 Å². The summed E-state index contributed by atoms with van der Waals surface area (Å²) in [5.74, 6) is 3.60. The van der Waals surface area contributed by atoms with Gasteiger partial charge in [0.2, 0.25) is 5.89 Å². The summed E-state index contributed by atoms with van der Waals surface area (Å²) in [5.41, 5.74) is 1.01. The summed E-state index contributed by atoms with van der Waals surface area (Å²) < 4.78 is 5.56. The van der Waals surface area contributed by atoms with Gasteiger partial charge in [-0.15, -0.1) is 0 Å². The molecule has 0 aromatic carbocycles. The number of nitrogens with one attached hydrogen (secondary N) is 1. The van der Waals surface area contributed by atoms with E-state index in [1.54, 1.807) is 0 Å². The van der Waals surface area contributed by atoms with Crippen molar-refractivity contribution in [1.82, 2.24) is 10.3 Å². The summed E-state index contributed by atoms with van der Waals surface area (Å²) in [5, 5.41) is 3.49. The van der Waals surface area contributed by atoms with Gasteiger partial charge < -0.3 is 9.73 Å². The molecule has 1 saturated carbocycles. The molecule has 18 heavy (non-hydrogen) atoms. The van der Waals surface area contributed by atoms with E-state index in [1.165, 1.54) is 32.1 Å². The molecule has 1 aromatic rings. The van der Waals surface area contributed by atoms with Crippen molar-refractivity contribution in [2.24, 2.45) is 11.8 Å². The van der Waals surface area contributed by atoms with Gasteiger partial charge in [-0.25, -0.2) is 4.98 Å². The van der Waals surface area contributed by atoms with Crippen LogP contribution in [0.2, 0.25) is 0 Å². The fourth-order valence-electron chi connectivity index (χ4n) is 2.84. The second-order valence-corrected chi connectivity index (χ2v) is 5.68. The highest BCUT2D eigenvalue weighted by molar-refractivity contribution is 5.05. The van der Waals surface area contributed by atoms with Crippen LogP contribution >= 0.6 is 0 Å². The smallest absolute Gasteiger partial charge is 0.208 e. The number of hydrogen-bond donors (Lipinski definition) is 1. The zero-order chi connectivity index (χ0) is 13.0. The lowest BCUT2D eigenvalue weighted by Gasteiger charge is -2.27. The molecule has 0 saturated heterocycles. The molecule has 0 unspecified atom stereocenters. The lowest BCUT2D eigenvalue weighted by Crippen LogP contribution is -2.26. The van der Waals surface area contributed by atoms with Gasteiger partial charge in [0.05, 0.1) is 12.2 Å². The Morgan fingerprint density at radius 1 is 1.17 bits per heavy atom. The molecule has 3 heteroatoms. The molecule has 0 radical (unpaired) electrons. The zero-order valence-corrected chi connectivity index (χ0v) is 12.0. The van der Waals surface area contributed by atoms with Gasteiger partial charge in [0.25, 0.3) is 0 Å². The number of nitrogens with zero attached hydrogens (tertiary/aromatic N) is 1. The van der Waals surface area contributed by atoms with Crippen LogP contribution in [-0.4, -0.2) is 11.5 Å². The van der Waals surface area contributed by atoms with Crippen molar-refractivity contribution in [1.29, 1.82) is 0 Å². The van der Waals surface area contributed by atoms with E-state index in [9.17, 15) is 0 Å². The van der Waals surface area contributed by atoms with Crippen molar-refractivity contribution in [2.45, 2.75) is 59.4 Å². The average Bonchev–Trinajstić information content (AvgIpc) is 2.69. The van der Waals surface area contributed by atoms with Gasteiger partial charge in [-0.3, -0.25) is 0 Å². The van der Waals surface area contributed by atoms with Crippen LogP contribution in [0.15, 0.2) is 4.42 Å². The molecular weight excluding hydrogens is 224 g/mol. The van der Waals surface area contributed by atoms with Crippen LogP contribution in [0.3, 0.4) is 0 Å². The first-order valence-corrected chi connectivity index (χ1v) is 7.32. The summed E-state index contributed by atoms with van der Waals surface area (Å²) in [6.45, 7) is 8.15. The van der Waals surface area contributed by atoms with Gasteiger partial charge in [0, 0.05) is 0 Å². The van der Waals surface area contributed by atoms with Crippen LogP contribution in [0.4, 0.5) is 0 Å². The molecule has 1 fully saturated rings. The highest BCUT2D eigenvalue weighted by Gasteiger charge is 2.19. The van der Waals surface area contributed by atoms with Gasteiger partial charge in [0.1, 0.15) is 5.76 Å². The van der Waals surface area contributed by atoms with Crippen molar-refractivity contribution >= 4 is 0 Å². The maximum atomic E-state index is 5.56. The van der Waals surface area contributed by atoms with Crippen LogP contribution in [0, 0.1) is 25.7 Å². The third kappa shape index (κ3) is 3.58. The number of oxazole rings is 1. The first kappa shape index (κ1) is 13.6. The van der Waals surface area contributed by atoms with E-state index in [4.69, 9.17) is 4.42 Å². The summed E-state index contributed by atoms with van der Waals surface area (Å²) in [7, 11) is 0. The Hall–Kier alpha value is -0.830. The molecule has 2 rings (SSSR count). The Morgan fingerprint density at radius 3 is 2.39 bits per heavy atom. The van der Waals surface area contributed by atoms with Crippen molar-refractivity contribution in [3.05, 3.63) is 17.3 Å². The van der Waals surface area contributed by atoms with E-state index in [0.29, 0.717) is 0 Å². The molecule has 1 heterocycles. The molecule has 1 aromatic heterocycles. The first-order chi connectivity index (χ1) is 8.69. The van der Waals surface area contributed by atoms with Crippen LogP contribution in [0.25, 0.3) is 0 Å². The fourth-order valence-corrected chi connectivity index (χ4v) is 2.84. The van der Waals surface area contributed by atoms with Gasteiger partial charge in [-0.2, -0.15) is 0 Å². The summed E-state index contributed by atoms with van der Waals surface area (Å²) in [6.07, 6.45) is 6.96. The van der Waals surface area contributed by atoms with Crippen LogP contribution < -0.4 is 5.32 Å². The molecule has 0 spiro atoms. The van der Waals surface area contributed by atoms with E-state index in [1.807, 2.05) is 13.8 Å². The minimum Gasteiger partial charge on any atom is -0.444 e. The second-order valence-electron chi connectivity index (χ2n) is 5.68. The Labute approximate surface area is 110 Å². The maximum absolute atomic E-state index is 5.56. The normalized spacial score (nSPS) is 24.4. The molecule has 3 nitrogen and oxygen atoms in total. The second kappa shape index (κ2) is 6.37. The van der Waals surface area contributed by atoms with Crippen molar-refractivity contribution in [3.8, 4) is 0 Å². The summed E-state index contributed by atoms with van der Waals surface area (Å²) in [6, 6.07) is 0. The molecule has 1 aliphatic carbocycles. The molecule has 1 aliphatic rings. The molecule has 0 amide bonds. The van der Waals surface area contributed by atoms with E-state index in [2.05, 4.69) is 17.2 Å². The molecular formula is C15H26N2O. The monoisotopic (exact) mass is 250 g/mol. The first-order valence-electron chi connectivity index (χ1n) is 7.32. The molecule has 0 bridgehead atoms. The third-order valence-electron chi connectivity index (χ3n) is 4.33. The minimum atomic E-state index is 0.766. The predicted octanol–water partition coefficient (Wildman–Crippen LogP) is 3.60. The third-order valence-corrected chi connectivity index (χ3v) is 4.33. The van der Waals surface area contributed by atoms with Gasteiger partial charge in [-0.05, 0) is 45.1 Å². The quantitative estimate of drug-likeness (QED) is 0.867. The number of hydrogen-bond acceptors (Lipinski definition) is 3. The molecule has 102 valence electrons. The molecule has 0 atom stereocenters. The fraction of sp³-hybridized carbons (Fsp3) is 0.800. The van der Waals surface area contributed by atoms with Crippen molar-refractivity contribution in [3.63, 3.8) is 0 Å². The van der Waals surface area contributed by atoms with E-state index < -0.39 is 0 Å². The molecule has 0 aliphatic heterocycles. The zero-order valence-electron chi connectivity index (χ0n) is 12.0. The van der Waals surface area contributed by atoms with Crippen LogP contribution in [0.5, 0.6) is 0 Å². The van der Waals surface area contributed by atoms with Crippen LogP contribution in [0.1, 0.15) is 56.4 Å². The largest absolute Gasteiger partial charge is 0.444 e. The van der Waals surface area contributed by atoms with Gasteiger partial charge in [-0.1, -0.05) is 26.2 Å². The predicted molar refractivity (Wildman–Crippen MR) is 73.4 cm³/mol. The summed E-state index contributed by atoms with van der Waals surface area (Å²) in [4.78, 5) is 4.39. The van der Waals surface area contributed by atoms with Crippen LogP contribution in [-0.2, 0) is 6.54 Å². The number of aromatic nitrogens is 1. The average molecular weight is 250 g/mol. The maximum Gasteiger partial charge on any atom is 0.208 e. The number of rotatable bonds is 5. The SMILES string of the molecule is CCC1CCC(CNCc2nc(C)c(C)o2)CC1. The lowest BCUT2D eigenvalue weighted by molar-refractivity contribution is 0.260. The van der Waals surface area contributed by atoms with E-state index in [0.717, 1.165) is 42.3 Å². The van der Waals surface area contributed by atoms with E-state index >= 15 is 0 Å². The Morgan fingerprint density at radius 2 is 1.83 bits per heavy atom. The number of aryl methyl sites for hydroxylation is 2.